The Labute approximate surface area is 121 Å². The fourth-order valence-electron chi connectivity index (χ4n) is 2.65. The zero-order valence-corrected chi connectivity index (χ0v) is 12.5. The predicted octanol–water partition coefficient (Wildman–Crippen LogP) is 1.69. The molecule has 0 radical (unpaired) electrons. The van der Waals surface area contributed by atoms with Gasteiger partial charge in [0.2, 0.25) is 11.8 Å². The van der Waals surface area contributed by atoms with Crippen molar-refractivity contribution in [3.63, 3.8) is 0 Å². The number of rotatable bonds is 6. The van der Waals surface area contributed by atoms with Crippen LogP contribution in [-0.2, 0) is 9.59 Å². The van der Waals surface area contributed by atoms with Gasteiger partial charge in [0.15, 0.2) is 0 Å². The van der Waals surface area contributed by atoms with E-state index in [0.29, 0.717) is 12.5 Å². The fourth-order valence-corrected chi connectivity index (χ4v) is 2.65. The Morgan fingerprint density at radius 3 is 2.40 bits per heavy atom. The largest absolute Gasteiger partial charge is 0.355 e. The summed E-state index contributed by atoms with van der Waals surface area (Å²) in [7, 11) is 0. The zero-order valence-electron chi connectivity index (χ0n) is 12.5. The Kier molecular flexibility index (Phi) is 7.06. The van der Waals surface area contributed by atoms with E-state index in [9.17, 15) is 9.59 Å². The van der Waals surface area contributed by atoms with Gasteiger partial charge in [-0.15, -0.1) is 0 Å². The molecule has 1 N–H and O–H groups in total. The Hall–Kier alpha value is -1.57. The molecule has 112 valence electrons. The van der Waals surface area contributed by atoms with E-state index in [1.54, 1.807) is 0 Å². The van der Waals surface area contributed by atoms with E-state index in [2.05, 4.69) is 19.2 Å². The molecule has 0 aromatic carbocycles. The summed E-state index contributed by atoms with van der Waals surface area (Å²) in [5, 5.41) is 11.2. The maximum absolute atomic E-state index is 12.2. The van der Waals surface area contributed by atoms with Gasteiger partial charge in [-0.25, -0.2) is 0 Å². The van der Waals surface area contributed by atoms with Crippen LogP contribution in [0.25, 0.3) is 0 Å². The summed E-state index contributed by atoms with van der Waals surface area (Å²) in [6.45, 7) is 6.31. The molecule has 0 aliphatic carbocycles. The van der Waals surface area contributed by atoms with Crippen LogP contribution in [0.5, 0.6) is 0 Å². The van der Waals surface area contributed by atoms with Gasteiger partial charge in [0, 0.05) is 25.6 Å². The number of carbonyl (C=O) groups excluding carboxylic acids is 2. The number of amides is 2. The van der Waals surface area contributed by atoms with Crippen molar-refractivity contribution in [3.05, 3.63) is 0 Å². The topological polar surface area (TPSA) is 73.2 Å². The summed E-state index contributed by atoms with van der Waals surface area (Å²) < 4.78 is 0. The van der Waals surface area contributed by atoms with Crippen LogP contribution in [0.1, 0.15) is 46.0 Å². The first-order valence-electron chi connectivity index (χ1n) is 7.54. The minimum Gasteiger partial charge on any atom is -0.355 e. The van der Waals surface area contributed by atoms with Crippen molar-refractivity contribution in [2.45, 2.75) is 46.0 Å². The minimum atomic E-state index is -0.206. The lowest BCUT2D eigenvalue weighted by Crippen LogP contribution is -2.43. The maximum atomic E-state index is 12.2. The van der Waals surface area contributed by atoms with Crippen LogP contribution in [-0.4, -0.2) is 36.3 Å². The third-order valence-corrected chi connectivity index (χ3v) is 4.09. The van der Waals surface area contributed by atoms with Crippen molar-refractivity contribution < 1.29 is 9.59 Å². The van der Waals surface area contributed by atoms with Gasteiger partial charge in [-0.1, -0.05) is 13.8 Å². The van der Waals surface area contributed by atoms with Gasteiger partial charge in [-0.2, -0.15) is 5.26 Å². The van der Waals surface area contributed by atoms with Gasteiger partial charge in [-0.3, -0.25) is 9.59 Å². The Bertz CT molecular complexity index is 364. The van der Waals surface area contributed by atoms with Gasteiger partial charge >= 0.3 is 0 Å². The highest BCUT2D eigenvalue weighted by Crippen LogP contribution is 2.20. The summed E-state index contributed by atoms with van der Waals surface area (Å²) in [4.78, 5) is 25.4. The quantitative estimate of drug-likeness (QED) is 0.804. The van der Waals surface area contributed by atoms with Gasteiger partial charge in [0.25, 0.3) is 0 Å². The summed E-state index contributed by atoms with van der Waals surface area (Å²) in [5.41, 5.74) is 0. The van der Waals surface area contributed by atoms with Crippen molar-refractivity contribution in [2.75, 3.05) is 19.6 Å². The SMILES string of the molecule is CCC(CC)C(=O)N1CCC(CNC(=O)CC#N)CC1. The third kappa shape index (κ3) is 4.84. The average Bonchev–Trinajstić information content (AvgIpc) is 2.47. The second-order valence-electron chi connectivity index (χ2n) is 5.42. The Balaban J connectivity index is 2.31. The first-order valence-corrected chi connectivity index (χ1v) is 7.54. The molecular weight excluding hydrogens is 254 g/mol. The van der Waals surface area contributed by atoms with Gasteiger partial charge in [0.05, 0.1) is 6.07 Å². The first kappa shape index (κ1) is 16.5. The van der Waals surface area contributed by atoms with Crippen LogP contribution >= 0.6 is 0 Å². The van der Waals surface area contributed by atoms with Crippen LogP contribution in [0.4, 0.5) is 0 Å². The Morgan fingerprint density at radius 2 is 1.90 bits per heavy atom. The molecule has 0 aromatic rings. The highest BCUT2D eigenvalue weighted by molar-refractivity contribution is 5.79. The molecule has 0 spiro atoms. The molecule has 0 atom stereocenters. The third-order valence-electron chi connectivity index (χ3n) is 4.09. The van der Waals surface area contributed by atoms with Gasteiger partial charge < -0.3 is 10.2 Å². The molecular formula is C15H25N3O2. The molecule has 0 bridgehead atoms. The smallest absolute Gasteiger partial charge is 0.234 e. The monoisotopic (exact) mass is 279 g/mol. The lowest BCUT2D eigenvalue weighted by molar-refractivity contribution is -0.137. The average molecular weight is 279 g/mol. The number of hydrogen-bond acceptors (Lipinski definition) is 3. The highest BCUT2D eigenvalue weighted by Gasteiger charge is 2.26. The summed E-state index contributed by atoms with van der Waals surface area (Å²) in [6.07, 6.45) is 3.59. The first-order chi connectivity index (χ1) is 9.62. The van der Waals surface area contributed by atoms with E-state index in [1.165, 1.54) is 0 Å². The fraction of sp³-hybridized carbons (Fsp3) is 0.800. The summed E-state index contributed by atoms with van der Waals surface area (Å²) >= 11 is 0. The predicted molar refractivity (Wildman–Crippen MR) is 76.6 cm³/mol. The van der Waals surface area contributed by atoms with Crippen LogP contribution in [0.3, 0.4) is 0 Å². The molecule has 1 rings (SSSR count). The van der Waals surface area contributed by atoms with Crippen LogP contribution < -0.4 is 5.32 Å². The molecule has 0 aromatic heterocycles. The lowest BCUT2D eigenvalue weighted by atomic mass is 9.94. The molecule has 2 amide bonds. The normalized spacial score (nSPS) is 16.0. The number of likely N-dealkylation sites (tertiary alicyclic amines) is 1. The lowest BCUT2D eigenvalue weighted by Gasteiger charge is -2.34. The van der Waals surface area contributed by atoms with E-state index in [0.717, 1.165) is 38.8 Å². The van der Waals surface area contributed by atoms with Crippen molar-refractivity contribution in [3.8, 4) is 6.07 Å². The van der Waals surface area contributed by atoms with E-state index in [4.69, 9.17) is 5.26 Å². The van der Waals surface area contributed by atoms with Crippen LogP contribution in [0.2, 0.25) is 0 Å². The van der Waals surface area contributed by atoms with E-state index >= 15 is 0 Å². The molecule has 1 aliphatic heterocycles. The van der Waals surface area contributed by atoms with Gasteiger partial charge in [-0.05, 0) is 31.6 Å². The molecule has 0 saturated carbocycles. The van der Waals surface area contributed by atoms with Crippen molar-refractivity contribution in [2.24, 2.45) is 11.8 Å². The summed E-state index contributed by atoms with van der Waals surface area (Å²) in [6, 6.07) is 1.84. The number of nitriles is 1. The zero-order chi connectivity index (χ0) is 15.0. The number of nitrogens with one attached hydrogen (secondary N) is 1. The number of piperidine rings is 1. The van der Waals surface area contributed by atoms with Crippen molar-refractivity contribution in [1.29, 1.82) is 5.26 Å². The second kappa shape index (κ2) is 8.57. The molecule has 5 heteroatoms. The number of carbonyl (C=O) groups is 2. The molecule has 1 aliphatic rings. The van der Waals surface area contributed by atoms with E-state index < -0.39 is 0 Å². The molecule has 0 unspecified atom stereocenters. The molecule has 5 nitrogen and oxygen atoms in total. The molecule has 1 fully saturated rings. The second-order valence-corrected chi connectivity index (χ2v) is 5.42. The van der Waals surface area contributed by atoms with Crippen molar-refractivity contribution in [1.82, 2.24) is 10.2 Å². The van der Waals surface area contributed by atoms with Crippen molar-refractivity contribution >= 4 is 11.8 Å². The van der Waals surface area contributed by atoms with Crippen LogP contribution in [0.15, 0.2) is 0 Å². The molecule has 1 heterocycles. The summed E-state index contributed by atoms with van der Waals surface area (Å²) in [5.74, 6) is 0.648. The minimum absolute atomic E-state index is 0.0774. The van der Waals surface area contributed by atoms with E-state index in [1.807, 2.05) is 11.0 Å². The standard InChI is InChI=1S/C15H25N3O2/c1-3-13(4-2)15(20)18-9-6-12(7-10-18)11-17-14(19)5-8-16/h12-13H,3-7,9-11H2,1-2H3,(H,17,19). The maximum Gasteiger partial charge on any atom is 0.234 e. The van der Waals surface area contributed by atoms with E-state index in [-0.39, 0.29) is 24.2 Å². The van der Waals surface area contributed by atoms with Gasteiger partial charge in [0.1, 0.15) is 6.42 Å². The van der Waals surface area contributed by atoms with Crippen LogP contribution in [0, 0.1) is 23.2 Å². The molecule has 20 heavy (non-hydrogen) atoms. The Morgan fingerprint density at radius 1 is 1.30 bits per heavy atom. The molecule has 1 saturated heterocycles. The number of nitrogens with zero attached hydrogens (tertiary/aromatic N) is 2. The highest BCUT2D eigenvalue weighted by atomic mass is 16.2. The number of hydrogen-bond donors (Lipinski definition) is 1.